The van der Waals surface area contributed by atoms with Crippen molar-refractivity contribution in [1.82, 2.24) is 4.98 Å². The van der Waals surface area contributed by atoms with E-state index in [2.05, 4.69) is 22.4 Å². The number of rotatable bonds is 3. The monoisotopic (exact) mass is 256 g/mol. The van der Waals surface area contributed by atoms with Gasteiger partial charge in [0.05, 0.1) is 17.7 Å². The van der Waals surface area contributed by atoms with Gasteiger partial charge in [0.25, 0.3) is 0 Å². The third kappa shape index (κ3) is 2.30. The van der Waals surface area contributed by atoms with Crippen LogP contribution < -0.4 is 5.32 Å². The standard InChI is InChI=1S/C16H20N2O/c1-12-10-15(13-6-2-3-7-14(13)17-12)18-16(11-19)8-4-5-9-16/h2-3,6-7,10,19H,4-5,8-9,11H2,1H3,(H,17,18). The highest BCUT2D eigenvalue weighted by molar-refractivity contribution is 5.91. The fraction of sp³-hybridized carbons (Fsp3) is 0.438. The number of para-hydroxylation sites is 1. The van der Waals surface area contributed by atoms with Gasteiger partial charge in [-0.15, -0.1) is 0 Å². The van der Waals surface area contributed by atoms with Crippen molar-refractivity contribution in [1.29, 1.82) is 0 Å². The van der Waals surface area contributed by atoms with Gasteiger partial charge in [-0.1, -0.05) is 31.0 Å². The summed E-state index contributed by atoms with van der Waals surface area (Å²) in [4.78, 5) is 4.56. The molecule has 3 nitrogen and oxygen atoms in total. The van der Waals surface area contributed by atoms with Gasteiger partial charge in [-0.05, 0) is 31.9 Å². The molecular weight excluding hydrogens is 236 g/mol. The Labute approximate surface area is 113 Å². The number of hydrogen-bond acceptors (Lipinski definition) is 3. The summed E-state index contributed by atoms with van der Waals surface area (Å²) in [5.74, 6) is 0. The van der Waals surface area contributed by atoms with Crippen LogP contribution in [0.5, 0.6) is 0 Å². The topological polar surface area (TPSA) is 45.1 Å². The predicted molar refractivity (Wildman–Crippen MR) is 78.4 cm³/mol. The van der Waals surface area contributed by atoms with Crippen molar-refractivity contribution in [3.05, 3.63) is 36.0 Å². The van der Waals surface area contributed by atoms with Gasteiger partial charge in [-0.2, -0.15) is 0 Å². The van der Waals surface area contributed by atoms with Crippen LogP contribution in [0.2, 0.25) is 0 Å². The Morgan fingerprint density at radius 2 is 2.00 bits per heavy atom. The molecule has 3 rings (SSSR count). The van der Waals surface area contributed by atoms with Crippen LogP contribution in [0.3, 0.4) is 0 Å². The second kappa shape index (κ2) is 4.82. The number of nitrogens with zero attached hydrogens (tertiary/aromatic N) is 1. The average molecular weight is 256 g/mol. The van der Waals surface area contributed by atoms with Crippen LogP contribution in [0.4, 0.5) is 5.69 Å². The third-order valence-electron chi connectivity index (χ3n) is 4.11. The molecule has 0 atom stereocenters. The number of aliphatic hydroxyl groups excluding tert-OH is 1. The Morgan fingerprint density at radius 3 is 2.74 bits per heavy atom. The first-order chi connectivity index (χ1) is 9.22. The third-order valence-corrected chi connectivity index (χ3v) is 4.11. The average Bonchev–Trinajstić information content (AvgIpc) is 2.88. The highest BCUT2D eigenvalue weighted by atomic mass is 16.3. The van der Waals surface area contributed by atoms with Gasteiger partial charge in [0.15, 0.2) is 0 Å². The van der Waals surface area contributed by atoms with Crippen molar-refractivity contribution < 1.29 is 5.11 Å². The predicted octanol–water partition coefficient (Wildman–Crippen LogP) is 3.26. The molecule has 1 aromatic carbocycles. The first kappa shape index (κ1) is 12.4. The van der Waals surface area contributed by atoms with Gasteiger partial charge in [0.1, 0.15) is 0 Å². The molecule has 0 amide bonds. The number of pyridine rings is 1. The van der Waals surface area contributed by atoms with E-state index in [1.54, 1.807) is 0 Å². The van der Waals surface area contributed by atoms with Crippen LogP contribution >= 0.6 is 0 Å². The largest absolute Gasteiger partial charge is 0.394 e. The number of fused-ring (bicyclic) bond motifs is 1. The molecule has 0 unspecified atom stereocenters. The summed E-state index contributed by atoms with van der Waals surface area (Å²) in [5, 5.41) is 14.5. The quantitative estimate of drug-likeness (QED) is 0.886. The minimum absolute atomic E-state index is 0.142. The zero-order chi connectivity index (χ0) is 13.3. The van der Waals surface area contributed by atoms with Gasteiger partial charge in [0, 0.05) is 16.8 Å². The molecule has 1 fully saturated rings. The van der Waals surface area contributed by atoms with E-state index >= 15 is 0 Å². The van der Waals surface area contributed by atoms with Gasteiger partial charge in [-0.25, -0.2) is 0 Å². The zero-order valence-corrected chi connectivity index (χ0v) is 11.3. The molecule has 2 N–H and O–H groups in total. The number of benzene rings is 1. The second-order valence-corrected chi connectivity index (χ2v) is 5.60. The number of aliphatic hydroxyl groups is 1. The molecule has 1 aliphatic carbocycles. The molecule has 1 aliphatic rings. The van der Waals surface area contributed by atoms with Gasteiger partial charge >= 0.3 is 0 Å². The Hall–Kier alpha value is -1.61. The van der Waals surface area contributed by atoms with Crippen molar-refractivity contribution in [3.8, 4) is 0 Å². The van der Waals surface area contributed by atoms with E-state index < -0.39 is 0 Å². The maximum Gasteiger partial charge on any atom is 0.0725 e. The second-order valence-electron chi connectivity index (χ2n) is 5.60. The normalized spacial score (nSPS) is 17.8. The zero-order valence-electron chi connectivity index (χ0n) is 11.3. The van der Waals surface area contributed by atoms with Crippen LogP contribution in [0.1, 0.15) is 31.4 Å². The molecule has 1 saturated carbocycles. The van der Waals surface area contributed by atoms with E-state index in [0.29, 0.717) is 0 Å². The summed E-state index contributed by atoms with van der Waals surface area (Å²) in [6.07, 6.45) is 4.46. The summed E-state index contributed by atoms with van der Waals surface area (Å²) in [7, 11) is 0. The van der Waals surface area contributed by atoms with Crippen LogP contribution in [-0.2, 0) is 0 Å². The Morgan fingerprint density at radius 1 is 1.26 bits per heavy atom. The SMILES string of the molecule is Cc1cc(NC2(CO)CCCC2)c2ccccc2n1. The lowest BCUT2D eigenvalue weighted by Gasteiger charge is -2.30. The van der Waals surface area contributed by atoms with Crippen molar-refractivity contribution in [3.63, 3.8) is 0 Å². The van der Waals surface area contributed by atoms with Crippen molar-refractivity contribution in [2.24, 2.45) is 0 Å². The van der Waals surface area contributed by atoms with E-state index in [1.165, 1.54) is 12.8 Å². The Balaban J connectivity index is 2.04. The Bertz CT molecular complexity index is 588. The fourth-order valence-electron chi connectivity index (χ4n) is 3.07. The molecule has 1 aromatic heterocycles. The first-order valence-corrected chi connectivity index (χ1v) is 6.98. The van der Waals surface area contributed by atoms with E-state index in [4.69, 9.17) is 0 Å². The van der Waals surface area contributed by atoms with Crippen molar-refractivity contribution in [2.75, 3.05) is 11.9 Å². The summed E-state index contributed by atoms with van der Waals surface area (Å²) in [6, 6.07) is 10.2. The summed E-state index contributed by atoms with van der Waals surface area (Å²) in [6.45, 7) is 2.21. The van der Waals surface area contributed by atoms with Crippen LogP contribution in [0.25, 0.3) is 10.9 Å². The Kier molecular flexibility index (Phi) is 3.15. The van der Waals surface area contributed by atoms with E-state index in [9.17, 15) is 5.11 Å². The number of aryl methyl sites for hydroxylation is 1. The smallest absolute Gasteiger partial charge is 0.0725 e. The minimum Gasteiger partial charge on any atom is -0.394 e. The molecule has 0 saturated heterocycles. The highest BCUT2D eigenvalue weighted by Gasteiger charge is 2.33. The first-order valence-electron chi connectivity index (χ1n) is 6.98. The fourth-order valence-corrected chi connectivity index (χ4v) is 3.07. The summed E-state index contributed by atoms with van der Waals surface area (Å²) >= 11 is 0. The molecule has 0 bridgehead atoms. The number of anilines is 1. The number of aromatic nitrogens is 1. The lowest BCUT2D eigenvalue weighted by atomic mass is 9.97. The molecule has 0 radical (unpaired) electrons. The van der Waals surface area contributed by atoms with Crippen molar-refractivity contribution >= 4 is 16.6 Å². The molecule has 0 aliphatic heterocycles. The number of nitrogens with one attached hydrogen (secondary N) is 1. The van der Waals surface area contributed by atoms with Crippen LogP contribution in [0.15, 0.2) is 30.3 Å². The van der Waals surface area contributed by atoms with Crippen LogP contribution in [-0.4, -0.2) is 22.2 Å². The van der Waals surface area contributed by atoms with E-state index in [-0.39, 0.29) is 12.1 Å². The highest BCUT2D eigenvalue weighted by Crippen LogP contribution is 2.35. The molecule has 2 aromatic rings. The van der Waals surface area contributed by atoms with Gasteiger partial charge < -0.3 is 10.4 Å². The van der Waals surface area contributed by atoms with Crippen molar-refractivity contribution in [2.45, 2.75) is 38.1 Å². The lowest BCUT2D eigenvalue weighted by Crippen LogP contribution is -2.39. The maximum atomic E-state index is 9.74. The number of hydrogen-bond donors (Lipinski definition) is 2. The molecule has 100 valence electrons. The van der Waals surface area contributed by atoms with Crippen LogP contribution in [0, 0.1) is 6.92 Å². The molecule has 3 heteroatoms. The minimum atomic E-state index is -0.142. The molecular formula is C16H20N2O. The molecule has 1 heterocycles. The van der Waals surface area contributed by atoms with Gasteiger partial charge in [-0.3, -0.25) is 4.98 Å². The van der Waals surface area contributed by atoms with E-state index in [0.717, 1.165) is 35.1 Å². The lowest BCUT2D eigenvalue weighted by molar-refractivity contribution is 0.214. The van der Waals surface area contributed by atoms with E-state index in [1.807, 2.05) is 25.1 Å². The van der Waals surface area contributed by atoms with Gasteiger partial charge in [0.2, 0.25) is 0 Å². The summed E-state index contributed by atoms with van der Waals surface area (Å²) < 4.78 is 0. The maximum absolute atomic E-state index is 9.74. The molecule has 19 heavy (non-hydrogen) atoms. The summed E-state index contributed by atoms with van der Waals surface area (Å²) in [5.41, 5.74) is 2.97. The molecule has 0 spiro atoms.